The molecule has 0 saturated heterocycles. The number of rotatable bonds is 2. The zero-order chi connectivity index (χ0) is 15.9. The second kappa shape index (κ2) is 5.15. The summed E-state index contributed by atoms with van der Waals surface area (Å²) in [6.45, 7) is 0. The van der Waals surface area contributed by atoms with Gasteiger partial charge in [-0.05, 0) is 29.8 Å². The lowest BCUT2D eigenvalue weighted by Gasteiger charge is -2.09. The number of benzene rings is 2. The van der Waals surface area contributed by atoms with Crippen LogP contribution in [0.5, 0.6) is 0 Å². The maximum absolute atomic E-state index is 13.9. The Morgan fingerprint density at radius 3 is 2.45 bits per heavy atom. The highest BCUT2D eigenvalue weighted by molar-refractivity contribution is 5.93. The molecule has 2 aromatic carbocycles. The van der Waals surface area contributed by atoms with Crippen molar-refractivity contribution < 1.29 is 13.2 Å². The van der Waals surface area contributed by atoms with E-state index in [9.17, 15) is 13.2 Å². The number of anilines is 2. The van der Waals surface area contributed by atoms with Crippen molar-refractivity contribution in [3.05, 3.63) is 47.8 Å². The number of nitrogens with one attached hydrogen (secondary N) is 1. The number of hydrogen-bond donors (Lipinski definition) is 3. The summed E-state index contributed by atoms with van der Waals surface area (Å²) in [4.78, 5) is 7.93. The Hall–Kier alpha value is -2.87. The molecular weight excluding hydrogens is 295 g/mol. The molecule has 5 N–H and O–H groups in total. The van der Waals surface area contributed by atoms with Gasteiger partial charge < -0.3 is 11.2 Å². The van der Waals surface area contributed by atoms with E-state index >= 15 is 0 Å². The molecule has 0 unspecified atom stereocenters. The number of nitrogens with zero attached hydrogens (tertiary/aromatic N) is 2. The molecule has 8 heteroatoms. The van der Waals surface area contributed by atoms with E-state index in [1.165, 1.54) is 12.1 Å². The first kappa shape index (κ1) is 14.1. The van der Waals surface area contributed by atoms with Crippen molar-refractivity contribution in [3.63, 3.8) is 0 Å². The quantitative estimate of drug-likeness (QED) is 0.384. The number of nitrogen functional groups attached to an aromatic ring is 2. The van der Waals surface area contributed by atoms with E-state index in [0.717, 1.165) is 12.1 Å². The lowest BCUT2D eigenvalue weighted by Crippen LogP contribution is -2.11. The molecule has 3 aromatic rings. The fourth-order valence-corrected chi connectivity index (χ4v) is 2.17. The molecule has 0 aliphatic carbocycles. The molecule has 0 amide bonds. The lowest BCUT2D eigenvalue weighted by atomic mass is 10.0. The van der Waals surface area contributed by atoms with Crippen LogP contribution in [0, 0.1) is 17.5 Å². The van der Waals surface area contributed by atoms with E-state index in [1.54, 1.807) is 6.07 Å². The Morgan fingerprint density at radius 1 is 0.955 bits per heavy atom. The van der Waals surface area contributed by atoms with Gasteiger partial charge >= 0.3 is 0 Å². The molecule has 1 heterocycles. The number of hydrazine groups is 1. The Balaban J connectivity index is 2.25. The van der Waals surface area contributed by atoms with Gasteiger partial charge in [-0.2, -0.15) is 4.98 Å². The normalized spacial score (nSPS) is 10.9. The topological polar surface area (TPSA) is 89.8 Å². The molecule has 112 valence electrons. The maximum atomic E-state index is 13.9. The van der Waals surface area contributed by atoms with Gasteiger partial charge in [0.05, 0.1) is 5.52 Å². The summed E-state index contributed by atoms with van der Waals surface area (Å²) in [6, 6.07) is 6.61. The molecule has 5 nitrogen and oxygen atoms in total. The van der Waals surface area contributed by atoms with Crippen molar-refractivity contribution in [1.82, 2.24) is 9.97 Å². The van der Waals surface area contributed by atoms with Crippen molar-refractivity contribution in [2.24, 2.45) is 5.84 Å². The summed E-state index contributed by atoms with van der Waals surface area (Å²) in [5.41, 5.74) is 8.63. The number of hydrogen-bond acceptors (Lipinski definition) is 5. The molecule has 1 aromatic heterocycles. The summed E-state index contributed by atoms with van der Waals surface area (Å²) in [6.07, 6.45) is 0. The molecule has 0 aliphatic heterocycles. The SMILES string of the molecule is NNc1nc(N)nc2ccc(-c3ccc(F)c(F)c3F)cc12. The fourth-order valence-electron chi connectivity index (χ4n) is 2.17. The van der Waals surface area contributed by atoms with Crippen molar-refractivity contribution in [3.8, 4) is 11.1 Å². The second-order valence-electron chi connectivity index (χ2n) is 4.53. The largest absolute Gasteiger partial charge is 0.368 e. The zero-order valence-electron chi connectivity index (χ0n) is 11.1. The molecule has 3 rings (SSSR count). The van der Waals surface area contributed by atoms with Crippen LogP contribution in [0.25, 0.3) is 22.0 Å². The van der Waals surface area contributed by atoms with Crippen LogP contribution in [0.2, 0.25) is 0 Å². The second-order valence-corrected chi connectivity index (χ2v) is 4.53. The molecular formula is C14H10F3N5. The molecule has 0 spiro atoms. The van der Waals surface area contributed by atoms with Crippen molar-refractivity contribution >= 4 is 22.7 Å². The Bertz CT molecular complexity index is 882. The van der Waals surface area contributed by atoms with Crippen molar-refractivity contribution in [2.75, 3.05) is 11.2 Å². The Morgan fingerprint density at radius 2 is 1.73 bits per heavy atom. The van der Waals surface area contributed by atoms with Crippen LogP contribution in [-0.2, 0) is 0 Å². The van der Waals surface area contributed by atoms with Gasteiger partial charge in [-0.15, -0.1) is 0 Å². The standard InChI is InChI=1S/C14H10F3N5/c15-9-3-2-7(11(16)12(9)17)6-1-4-10-8(5-6)13(22-19)21-14(18)20-10/h1-5H,19H2,(H3,18,20,21,22). The van der Waals surface area contributed by atoms with Gasteiger partial charge in [-0.1, -0.05) is 6.07 Å². The predicted molar refractivity (Wildman–Crippen MR) is 77.1 cm³/mol. The fraction of sp³-hybridized carbons (Fsp3) is 0. The number of nitrogens with two attached hydrogens (primary N) is 2. The molecule has 0 aliphatic rings. The van der Waals surface area contributed by atoms with Gasteiger partial charge in [-0.25, -0.2) is 24.0 Å². The third-order valence-electron chi connectivity index (χ3n) is 3.20. The summed E-state index contributed by atoms with van der Waals surface area (Å²) in [7, 11) is 0. The van der Waals surface area contributed by atoms with Gasteiger partial charge in [0.1, 0.15) is 0 Å². The van der Waals surface area contributed by atoms with Crippen molar-refractivity contribution in [2.45, 2.75) is 0 Å². The molecule has 0 radical (unpaired) electrons. The van der Waals surface area contributed by atoms with Crippen LogP contribution in [-0.4, -0.2) is 9.97 Å². The average Bonchev–Trinajstić information content (AvgIpc) is 2.51. The summed E-state index contributed by atoms with van der Waals surface area (Å²) in [5, 5.41) is 0.471. The first-order valence-corrected chi connectivity index (χ1v) is 6.19. The van der Waals surface area contributed by atoms with Crippen LogP contribution in [0.1, 0.15) is 0 Å². The maximum Gasteiger partial charge on any atom is 0.222 e. The van der Waals surface area contributed by atoms with Crippen molar-refractivity contribution in [1.29, 1.82) is 0 Å². The molecule has 0 fully saturated rings. The summed E-state index contributed by atoms with van der Waals surface area (Å²) >= 11 is 0. The predicted octanol–water partition coefficient (Wildman–Crippen LogP) is 2.58. The average molecular weight is 305 g/mol. The van der Waals surface area contributed by atoms with E-state index in [4.69, 9.17) is 11.6 Å². The summed E-state index contributed by atoms with van der Waals surface area (Å²) in [5.74, 6) is 1.59. The number of fused-ring (bicyclic) bond motifs is 1. The van der Waals surface area contributed by atoms with Gasteiger partial charge in [0, 0.05) is 10.9 Å². The molecule has 22 heavy (non-hydrogen) atoms. The molecule has 0 atom stereocenters. The highest BCUT2D eigenvalue weighted by atomic mass is 19.2. The number of halogens is 3. The van der Waals surface area contributed by atoms with E-state index in [2.05, 4.69) is 15.4 Å². The monoisotopic (exact) mass is 305 g/mol. The highest BCUT2D eigenvalue weighted by Crippen LogP contribution is 2.30. The number of aromatic nitrogens is 2. The lowest BCUT2D eigenvalue weighted by molar-refractivity contribution is 0.449. The first-order chi connectivity index (χ1) is 10.5. The third kappa shape index (κ3) is 2.19. The zero-order valence-corrected chi connectivity index (χ0v) is 11.1. The Kier molecular flexibility index (Phi) is 3.30. The van der Waals surface area contributed by atoms with Crippen LogP contribution >= 0.6 is 0 Å². The third-order valence-corrected chi connectivity index (χ3v) is 3.20. The van der Waals surface area contributed by atoms with Gasteiger partial charge in [0.2, 0.25) is 5.95 Å². The molecule has 0 saturated carbocycles. The summed E-state index contributed by atoms with van der Waals surface area (Å²) < 4.78 is 40.3. The van der Waals surface area contributed by atoms with Crippen LogP contribution < -0.4 is 17.0 Å². The minimum absolute atomic E-state index is 0.0206. The van der Waals surface area contributed by atoms with Gasteiger partial charge in [-0.3, -0.25) is 0 Å². The van der Waals surface area contributed by atoms with Gasteiger partial charge in [0.25, 0.3) is 0 Å². The van der Waals surface area contributed by atoms with E-state index in [-0.39, 0.29) is 17.3 Å². The molecule has 0 bridgehead atoms. The van der Waals surface area contributed by atoms with Crippen LogP contribution in [0.4, 0.5) is 24.9 Å². The minimum atomic E-state index is -1.52. The first-order valence-electron chi connectivity index (χ1n) is 6.19. The van der Waals surface area contributed by atoms with Crippen LogP contribution in [0.15, 0.2) is 30.3 Å². The minimum Gasteiger partial charge on any atom is -0.368 e. The van der Waals surface area contributed by atoms with E-state index in [0.29, 0.717) is 16.5 Å². The van der Waals surface area contributed by atoms with Gasteiger partial charge in [0.15, 0.2) is 23.3 Å². The van der Waals surface area contributed by atoms with Crippen LogP contribution in [0.3, 0.4) is 0 Å². The van der Waals surface area contributed by atoms with E-state index < -0.39 is 17.5 Å². The highest BCUT2D eigenvalue weighted by Gasteiger charge is 2.16. The Labute approximate surface area is 122 Å². The van der Waals surface area contributed by atoms with E-state index in [1.807, 2.05) is 0 Å². The smallest absolute Gasteiger partial charge is 0.222 e.